The fourth-order valence-electron chi connectivity index (χ4n) is 3.50. The number of halogens is 2. The van der Waals surface area contributed by atoms with Crippen LogP contribution in [0.2, 0.25) is 0 Å². The fourth-order valence-corrected chi connectivity index (χ4v) is 4.25. The molecule has 0 spiro atoms. The van der Waals surface area contributed by atoms with Crippen molar-refractivity contribution in [1.29, 1.82) is 0 Å². The lowest BCUT2D eigenvalue weighted by molar-refractivity contribution is 0.0690. The summed E-state index contributed by atoms with van der Waals surface area (Å²) in [6, 6.07) is 0. The van der Waals surface area contributed by atoms with Crippen molar-refractivity contribution < 1.29 is 9.47 Å². The third-order valence-corrected chi connectivity index (χ3v) is 5.65. The molecule has 0 N–H and O–H groups in total. The van der Waals surface area contributed by atoms with Crippen LogP contribution in [0, 0.1) is 24.2 Å². The maximum atomic E-state index is 6.51. The van der Waals surface area contributed by atoms with E-state index in [0.29, 0.717) is 0 Å². The summed E-state index contributed by atoms with van der Waals surface area (Å²) in [7, 11) is 0. The largest absolute Gasteiger partial charge is 0.491 e. The van der Waals surface area contributed by atoms with Crippen LogP contribution < -0.4 is 0 Å². The van der Waals surface area contributed by atoms with Crippen molar-refractivity contribution in [2.75, 3.05) is 0 Å². The molecule has 2 nitrogen and oxygen atoms in total. The van der Waals surface area contributed by atoms with Crippen LogP contribution in [0.1, 0.15) is 19.8 Å². The Bertz CT molecular complexity index is 477. The molecule has 4 heteroatoms. The zero-order valence-electron chi connectivity index (χ0n) is 10.7. The maximum Gasteiger partial charge on any atom is 0.128 e. The first-order valence-electron chi connectivity index (χ1n) is 6.64. The highest BCUT2D eigenvalue weighted by molar-refractivity contribution is 9.11. The summed E-state index contributed by atoms with van der Waals surface area (Å²) in [5, 5.41) is -0.106. The van der Waals surface area contributed by atoms with Gasteiger partial charge in [0.2, 0.25) is 0 Å². The summed E-state index contributed by atoms with van der Waals surface area (Å²) in [6.45, 7) is 2.11. The zero-order valence-corrected chi connectivity index (χ0v) is 13.0. The molecule has 102 valence electrons. The van der Waals surface area contributed by atoms with E-state index in [2.05, 4.69) is 28.8 Å². The molecule has 3 aliphatic heterocycles. The number of alkyl halides is 1. The van der Waals surface area contributed by atoms with Gasteiger partial charge in [-0.1, -0.05) is 34.9 Å². The lowest BCUT2D eigenvalue weighted by Gasteiger charge is -2.25. The average molecular weight is 344 g/mol. The molecule has 0 aromatic rings. The molecule has 3 fully saturated rings. The lowest BCUT2D eigenvalue weighted by atomic mass is 9.77. The minimum atomic E-state index is -0.106. The van der Waals surface area contributed by atoms with Crippen molar-refractivity contribution in [2.45, 2.75) is 43.5 Å². The molecule has 3 aliphatic rings. The van der Waals surface area contributed by atoms with E-state index < -0.39 is 0 Å². The first kappa shape index (κ1) is 13.5. The normalized spacial score (nSPS) is 43.4. The Kier molecular flexibility index (Phi) is 3.68. The second-order valence-corrected chi connectivity index (χ2v) is 6.69. The Morgan fingerprint density at radius 2 is 2.42 bits per heavy atom. The van der Waals surface area contributed by atoms with E-state index in [-0.39, 0.29) is 35.5 Å². The molecular formula is C15H16BrClO2. The van der Waals surface area contributed by atoms with Crippen molar-refractivity contribution in [2.24, 2.45) is 11.8 Å². The van der Waals surface area contributed by atoms with Crippen LogP contribution in [0.25, 0.3) is 0 Å². The number of ether oxygens (including phenoxy) is 2. The number of hydrogen-bond donors (Lipinski definition) is 0. The second-order valence-electron chi connectivity index (χ2n) is 5.23. The van der Waals surface area contributed by atoms with E-state index in [1.165, 1.54) is 0 Å². The standard InChI is InChI=1S/C15H16BrClO2/c1-3-5-6-9(17)12-10-7-11-15(18-10)13(12)14(19-11)8(16)4-2/h1,5-6,9-13,15H,4,7H2,2H3/b6-5+,14-8+/t9-,10-,11-,12-,13+,15+/m1/s1. The number of allylic oxidation sites excluding steroid dienone is 3. The Labute approximate surface area is 127 Å². The predicted octanol–water partition coefficient (Wildman–Crippen LogP) is 3.60. The van der Waals surface area contributed by atoms with E-state index in [9.17, 15) is 0 Å². The molecule has 3 rings (SSSR count). The van der Waals surface area contributed by atoms with Crippen molar-refractivity contribution in [1.82, 2.24) is 0 Å². The Morgan fingerprint density at radius 3 is 3.11 bits per heavy atom. The van der Waals surface area contributed by atoms with Gasteiger partial charge in [-0.15, -0.1) is 18.0 Å². The van der Waals surface area contributed by atoms with Crippen LogP contribution in [0.3, 0.4) is 0 Å². The quantitative estimate of drug-likeness (QED) is 0.576. The third kappa shape index (κ3) is 2.05. The molecule has 6 atom stereocenters. The highest BCUT2D eigenvalue weighted by Gasteiger charge is 2.63. The van der Waals surface area contributed by atoms with E-state index in [0.717, 1.165) is 23.1 Å². The fraction of sp³-hybridized carbons (Fsp3) is 0.600. The summed E-state index contributed by atoms with van der Waals surface area (Å²) < 4.78 is 13.2. The van der Waals surface area contributed by atoms with Gasteiger partial charge in [0, 0.05) is 16.8 Å². The Balaban J connectivity index is 1.91. The van der Waals surface area contributed by atoms with E-state index in [4.69, 9.17) is 27.5 Å². The molecule has 19 heavy (non-hydrogen) atoms. The summed E-state index contributed by atoms with van der Waals surface area (Å²) in [5.74, 6) is 4.06. The number of hydrogen-bond acceptors (Lipinski definition) is 2. The molecule has 0 aromatic heterocycles. The maximum absolute atomic E-state index is 6.51. The molecule has 2 bridgehead atoms. The molecular weight excluding hydrogens is 328 g/mol. The van der Waals surface area contributed by atoms with Crippen molar-refractivity contribution in [3.63, 3.8) is 0 Å². The van der Waals surface area contributed by atoms with E-state index >= 15 is 0 Å². The summed E-state index contributed by atoms with van der Waals surface area (Å²) in [4.78, 5) is 0. The molecule has 3 saturated heterocycles. The van der Waals surface area contributed by atoms with Gasteiger partial charge in [0.15, 0.2) is 0 Å². The van der Waals surface area contributed by atoms with Crippen LogP contribution >= 0.6 is 27.5 Å². The number of rotatable bonds is 3. The second kappa shape index (κ2) is 5.16. The van der Waals surface area contributed by atoms with Gasteiger partial charge in [-0.3, -0.25) is 0 Å². The van der Waals surface area contributed by atoms with Gasteiger partial charge < -0.3 is 9.47 Å². The van der Waals surface area contributed by atoms with Crippen molar-refractivity contribution in [3.05, 3.63) is 22.4 Å². The van der Waals surface area contributed by atoms with Gasteiger partial charge in [-0.05, 0) is 12.5 Å². The topological polar surface area (TPSA) is 18.5 Å². The minimum absolute atomic E-state index is 0.106. The summed E-state index contributed by atoms with van der Waals surface area (Å²) in [5.41, 5.74) is 0. The van der Waals surface area contributed by atoms with Crippen LogP contribution in [0.15, 0.2) is 22.4 Å². The van der Waals surface area contributed by atoms with Crippen molar-refractivity contribution >= 4 is 27.5 Å². The average Bonchev–Trinajstić information content (AvgIpc) is 3.02. The zero-order chi connectivity index (χ0) is 13.6. The van der Waals surface area contributed by atoms with Gasteiger partial charge in [-0.25, -0.2) is 0 Å². The van der Waals surface area contributed by atoms with Crippen molar-refractivity contribution in [3.8, 4) is 12.3 Å². The van der Waals surface area contributed by atoms with Crippen LogP contribution in [0.5, 0.6) is 0 Å². The number of fused-ring (bicyclic) bond motifs is 1. The van der Waals surface area contributed by atoms with Gasteiger partial charge in [0.25, 0.3) is 0 Å². The summed E-state index contributed by atoms with van der Waals surface area (Å²) >= 11 is 10.1. The first-order chi connectivity index (χ1) is 9.17. The van der Waals surface area contributed by atoms with Gasteiger partial charge >= 0.3 is 0 Å². The van der Waals surface area contributed by atoms with E-state index in [1.54, 1.807) is 6.08 Å². The molecule has 0 radical (unpaired) electrons. The molecule has 0 unspecified atom stereocenters. The third-order valence-electron chi connectivity index (χ3n) is 4.26. The highest BCUT2D eigenvalue weighted by atomic mass is 79.9. The molecule has 0 saturated carbocycles. The molecule has 3 heterocycles. The molecule has 0 aromatic carbocycles. The SMILES string of the molecule is C#C/C=C/[C@@H](Cl)[C@H]1[C@H]2/C(=C(\Br)CC)O[C@@H]3C[C@H]1O[C@H]23. The monoisotopic (exact) mass is 342 g/mol. The van der Waals surface area contributed by atoms with Crippen LogP contribution in [-0.4, -0.2) is 23.7 Å². The Hall–Kier alpha value is -0.430. The lowest BCUT2D eigenvalue weighted by Crippen LogP contribution is -2.34. The van der Waals surface area contributed by atoms with Gasteiger partial charge in [-0.2, -0.15) is 0 Å². The Morgan fingerprint density at radius 1 is 1.63 bits per heavy atom. The smallest absolute Gasteiger partial charge is 0.128 e. The minimum Gasteiger partial charge on any atom is -0.491 e. The number of terminal acetylenes is 1. The highest BCUT2D eigenvalue weighted by Crippen LogP contribution is 2.56. The first-order valence-corrected chi connectivity index (χ1v) is 7.87. The van der Waals surface area contributed by atoms with Gasteiger partial charge in [0.1, 0.15) is 18.0 Å². The molecule has 0 aliphatic carbocycles. The summed E-state index contributed by atoms with van der Waals surface area (Å²) in [6.07, 6.45) is 11.3. The van der Waals surface area contributed by atoms with E-state index in [1.807, 2.05) is 6.08 Å². The van der Waals surface area contributed by atoms with Crippen LogP contribution in [-0.2, 0) is 9.47 Å². The van der Waals surface area contributed by atoms with Crippen LogP contribution in [0.4, 0.5) is 0 Å². The van der Waals surface area contributed by atoms with Gasteiger partial charge in [0.05, 0.1) is 17.4 Å². The molecule has 0 amide bonds. The predicted molar refractivity (Wildman–Crippen MR) is 79.0 cm³/mol.